The van der Waals surface area contributed by atoms with Gasteiger partial charge in [-0.3, -0.25) is 14.8 Å². The van der Waals surface area contributed by atoms with E-state index in [9.17, 15) is 9.90 Å². The number of unbranched alkanes of at least 4 members (excludes halogenated alkanes) is 1. The van der Waals surface area contributed by atoms with Crippen LogP contribution in [0.4, 0.5) is 0 Å². The van der Waals surface area contributed by atoms with E-state index in [1.165, 1.54) is 0 Å². The van der Waals surface area contributed by atoms with Gasteiger partial charge in [0.25, 0.3) is 0 Å². The van der Waals surface area contributed by atoms with E-state index in [1.54, 1.807) is 12.4 Å². The third-order valence-corrected chi connectivity index (χ3v) is 3.44. The molecular formula is C16H26N2O5. The summed E-state index contributed by atoms with van der Waals surface area (Å²) in [6.45, 7) is 1.89. The van der Waals surface area contributed by atoms with Crippen LogP contribution >= 0.6 is 0 Å². The van der Waals surface area contributed by atoms with E-state index in [0.717, 1.165) is 25.0 Å². The molecule has 0 saturated carbocycles. The first kappa shape index (κ1) is 19.5. The van der Waals surface area contributed by atoms with Crippen LogP contribution < -0.4 is 0 Å². The van der Waals surface area contributed by atoms with Crippen molar-refractivity contribution in [3.05, 3.63) is 23.8 Å². The Morgan fingerprint density at radius 2 is 1.96 bits per heavy atom. The summed E-state index contributed by atoms with van der Waals surface area (Å²) < 4.78 is 5.50. The molecule has 0 unspecified atom stereocenters. The fourth-order valence-corrected chi connectivity index (χ4v) is 2.06. The van der Waals surface area contributed by atoms with Gasteiger partial charge in [0, 0.05) is 31.8 Å². The van der Waals surface area contributed by atoms with Crippen molar-refractivity contribution in [3.63, 3.8) is 0 Å². The lowest BCUT2D eigenvalue weighted by molar-refractivity contribution is -0.137. The van der Waals surface area contributed by atoms with Gasteiger partial charge in [-0.05, 0) is 19.3 Å². The van der Waals surface area contributed by atoms with Crippen molar-refractivity contribution in [2.75, 3.05) is 13.2 Å². The number of carbonyl (C=O) groups is 1. The summed E-state index contributed by atoms with van der Waals surface area (Å²) in [6, 6.07) is 0. The predicted molar refractivity (Wildman–Crippen MR) is 84.1 cm³/mol. The zero-order chi connectivity index (χ0) is 17.1. The molecule has 0 aliphatic carbocycles. The second-order valence-electron chi connectivity index (χ2n) is 5.46. The number of ether oxygens (including phenoxy) is 1. The minimum absolute atomic E-state index is 0.00781. The van der Waals surface area contributed by atoms with Crippen LogP contribution in [-0.2, 0) is 22.4 Å². The predicted octanol–water partition coefficient (Wildman–Crippen LogP) is 0.965. The topological polar surface area (TPSA) is 113 Å². The van der Waals surface area contributed by atoms with Crippen LogP contribution in [0.25, 0.3) is 0 Å². The molecule has 7 nitrogen and oxygen atoms in total. The summed E-state index contributed by atoms with van der Waals surface area (Å²) in [4.78, 5) is 19.1. The lowest BCUT2D eigenvalue weighted by Gasteiger charge is -2.21. The smallest absolute Gasteiger partial charge is 0.303 e. The van der Waals surface area contributed by atoms with Crippen molar-refractivity contribution in [2.45, 2.75) is 57.7 Å². The zero-order valence-corrected chi connectivity index (χ0v) is 13.5. The van der Waals surface area contributed by atoms with E-state index < -0.39 is 24.8 Å². The lowest BCUT2D eigenvalue weighted by Crippen LogP contribution is -2.34. The normalized spacial score (nSPS) is 13.7. The van der Waals surface area contributed by atoms with Gasteiger partial charge in [0.15, 0.2) is 0 Å². The third-order valence-electron chi connectivity index (χ3n) is 3.44. The van der Waals surface area contributed by atoms with Crippen LogP contribution in [0, 0.1) is 0 Å². The average Bonchev–Trinajstić information content (AvgIpc) is 2.55. The van der Waals surface area contributed by atoms with E-state index in [1.807, 2.05) is 0 Å². The Bertz CT molecular complexity index is 452. The van der Waals surface area contributed by atoms with Crippen molar-refractivity contribution < 1.29 is 24.9 Å². The van der Waals surface area contributed by atoms with Crippen LogP contribution in [0.1, 0.15) is 44.0 Å². The van der Waals surface area contributed by atoms with Gasteiger partial charge in [0.1, 0.15) is 6.10 Å². The molecule has 0 bridgehead atoms. The maximum Gasteiger partial charge on any atom is 0.303 e. The largest absolute Gasteiger partial charge is 0.481 e. The number of aliphatic hydroxyl groups excluding tert-OH is 2. The average molecular weight is 326 g/mol. The molecule has 0 aliphatic rings. The van der Waals surface area contributed by atoms with Gasteiger partial charge < -0.3 is 20.1 Å². The molecule has 0 saturated heterocycles. The number of aryl methyl sites for hydroxylation is 1. The highest BCUT2D eigenvalue weighted by atomic mass is 16.5. The van der Waals surface area contributed by atoms with Crippen LogP contribution in [0.5, 0.6) is 0 Å². The summed E-state index contributed by atoms with van der Waals surface area (Å²) in [5.41, 5.74) is 1.60. The molecule has 0 amide bonds. The molecule has 0 aromatic carbocycles. The second-order valence-corrected chi connectivity index (χ2v) is 5.46. The summed E-state index contributed by atoms with van der Waals surface area (Å²) in [5, 5.41) is 27.5. The molecule has 1 aromatic heterocycles. The van der Waals surface area contributed by atoms with Gasteiger partial charge >= 0.3 is 5.97 Å². The maximum atomic E-state index is 10.5. The highest BCUT2D eigenvalue weighted by Crippen LogP contribution is 2.09. The zero-order valence-electron chi connectivity index (χ0n) is 13.5. The highest BCUT2D eigenvalue weighted by Gasteiger charge is 2.20. The van der Waals surface area contributed by atoms with E-state index in [2.05, 4.69) is 16.9 Å². The van der Waals surface area contributed by atoms with E-state index >= 15 is 0 Å². The van der Waals surface area contributed by atoms with Crippen LogP contribution in [0.3, 0.4) is 0 Å². The summed E-state index contributed by atoms with van der Waals surface area (Å²) in [5.74, 6) is -0.888. The fourth-order valence-electron chi connectivity index (χ4n) is 2.06. The van der Waals surface area contributed by atoms with Gasteiger partial charge in [0.2, 0.25) is 0 Å². The number of carboxylic acids is 1. The molecule has 130 valence electrons. The number of nitrogens with zero attached hydrogens (tertiary/aromatic N) is 2. The van der Waals surface area contributed by atoms with Crippen molar-refractivity contribution >= 4 is 5.97 Å². The maximum absolute atomic E-state index is 10.5. The first-order valence-corrected chi connectivity index (χ1v) is 7.99. The van der Waals surface area contributed by atoms with Crippen molar-refractivity contribution in [1.82, 2.24) is 9.97 Å². The molecule has 3 N–H and O–H groups in total. The van der Waals surface area contributed by atoms with Crippen molar-refractivity contribution in [1.29, 1.82) is 0 Å². The summed E-state index contributed by atoms with van der Waals surface area (Å²) in [7, 11) is 0. The second kappa shape index (κ2) is 11.0. The molecule has 1 rings (SSSR count). The third kappa shape index (κ3) is 8.01. The van der Waals surface area contributed by atoms with Gasteiger partial charge in [0.05, 0.1) is 24.1 Å². The number of aromatic nitrogens is 2. The molecule has 1 aromatic rings. The Hall–Kier alpha value is -1.57. The van der Waals surface area contributed by atoms with Crippen LogP contribution in [0.2, 0.25) is 0 Å². The highest BCUT2D eigenvalue weighted by molar-refractivity contribution is 5.66. The molecule has 7 heteroatoms. The molecule has 1 heterocycles. The number of hydrogen-bond acceptors (Lipinski definition) is 6. The van der Waals surface area contributed by atoms with E-state index in [0.29, 0.717) is 18.5 Å². The molecule has 0 aliphatic heterocycles. The Morgan fingerprint density at radius 1 is 1.26 bits per heavy atom. The number of rotatable bonds is 12. The van der Waals surface area contributed by atoms with Crippen LogP contribution in [0.15, 0.2) is 12.4 Å². The van der Waals surface area contributed by atoms with Gasteiger partial charge in [-0.1, -0.05) is 13.3 Å². The van der Waals surface area contributed by atoms with Gasteiger partial charge in [-0.2, -0.15) is 0 Å². The van der Waals surface area contributed by atoms with Crippen molar-refractivity contribution in [2.24, 2.45) is 0 Å². The molecule has 23 heavy (non-hydrogen) atoms. The van der Waals surface area contributed by atoms with Crippen LogP contribution in [-0.4, -0.2) is 56.7 Å². The molecule has 0 spiro atoms. The minimum Gasteiger partial charge on any atom is -0.481 e. The number of hydrogen-bond donors (Lipinski definition) is 3. The van der Waals surface area contributed by atoms with E-state index in [4.69, 9.17) is 14.9 Å². The van der Waals surface area contributed by atoms with Gasteiger partial charge in [-0.25, -0.2) is 0 Å². The minimum atomic E-state index is -1.04. The first-order chi connectivity index (χ1) is 11.1. The Balaban J connectivity index is 2.53. The number of carboxylic acid groups (broad SMARTS) is 1. The fraction of sp³-hybridized carbons (Fsp3) is 0.688. The van der Waals surface area contributed by atoms with Gasteiger partial charge in [-0.15, -0.1) is 0 Å². The van der Waals surface area contributed by atoms with Crippen molar-refractivity contribution in [3.8, 4) is 0 Å². The molecule has 2 atom stereocenters. The monoisotopic (exact) mass is 326 g/mol. The van der Waals surface area contributed by atoms with E-state index in [-0.39, 0.29) is 13.0 Å². The number of aliphatic hydroxyl groups is 2. The standard InChI is InChI=1S/C16H26N2O5/c1-2-3-5-12-9-18-13(10-17-12)8-15(14(20)11-19)23-7-4-6-16(21)22/h9-10,14-15,19-20H,2-8,11H2,1H3,(H,21,22)/t14-,15+/m1/s1. The Kier molecular flexibility index (Phi) is 9.35. The quantitative estimate of drug-likeness (QED) is 0.490. The summed E-state index contributed by atoms with van der Waals surface area (Å²) in [6.07, 6.45) is 5.42. The SMILES string of the molecule is CCCCc1cnc(C[C@H](OCCCC(=O)O)[C@H](O)CO)cn1. The molecule has 0 radical (unpaired) electrons. The Labute approximate surface area is 136 Å². The number of aliphatic carboxylic acids is 1. The first-order valence-electron chi connectivity index (χ1n) is 7.99. The molecular weight excluding hydrogens is 300 g/mol. The summed E-state index contributed by atoms with van der Waals surface area (Å²) >= 11 is 0. The Morgan fingerprint density at radius 3 is 2.52 bits per heavy atom. The molecule has 0 fully saturated rings. The lowest BCUT2D eigenvalue weighted by atomic mass is 10.1.